The van der Waals surface area contributed by atoms with Crippen LogP contribution in [0.2, 0.25) is 0 Å². The number of phenols is 1. The van der Waals surface area contributed by atoms with E-state index in [0.717, 1.165) is 61.2 Å². The van der Waals surface area contributed by atoms with Crippen LogP contribution in [0, 0.1) is 6.92 Å². The zero-order chi connectivity index (χ0) is 20.1. The Bertz CT molecular complexity index is 942. The summed E-state index contributed by atoms with van der Waals surface area (Å²) in [4.78, 5) is 13.7. The van der Waals surface area contributed by atoms with Gasteiger partial charge < -0.3 is 15.4 Å². The van der Waals surface area contributed by atoms with Crippen molar-refractivity contribution in [2.75, 3.05) is 0 Å². The molecule has 0 atom stereocenters. The summed E-state index contributed by atoms with van der Waals surface area (Å²) >= 11 is 1.75. The molecule has 28 heavy (non-hydrogen) atoms. The molecule has 0 saturated heterocycles. The minimum atomic E-state index is -0.414. The van der Waals surface area contributed by atoms with Gasteiger partial charge in [0.2, 0.25) is 0 Å². The van der Waals surface area contributed by atoms with Crippen LogP contribution in [0.5, 0.6) is 5.75 Å². The number of primary amides is 1. The molecule has 0 fully saturated rings. The number of carbonyl (C=O) groups excluding carboxylic acids is 1. The molecule has 0 unspecified atom stereocenters. The van der Waals surface area contributed by atoms with Gasteiger partial charge in [0.25, 0.3) is 5.91 Å². The molecule has 5 heteroatoms. The monoisotopic (exact) mass is 396 g/mol. The average Bonchev–Trinajstić information content (AvgIpc) is 3.26. The largest absolute Gasteiger partial charge is 0.508 e. The Morgan fingerprint density at radius 2 is 2.00 bits per heavy atom. The lowest BCUT2D eigenvalue weighted by Gasteiger charge is -2.13. The Balaban J connectivity index is 2.11. The van der Waals surface area contributed by atoms with E-state index in [4.69, 9.17) is 5.73 Å². The quantitative estimate of drug-likeness (QED) is 0.482. The van der Waals surface area contributed by atoms with Crippen molar-refractivity contribution in [3.05, 3.63) is 63.6 Å². The van der Waals surface area contributed by atoms with Gasteiger partial charge in [-0.05, 0) is 55.3 Å². The van der Waals surface area contributed by atoms with Crippen molar-refractivity contribution in [3.63, 3.8) is 0 Å². The van der Waals surface area contributed by atoms with Crippen LogP contribution >= 0.6 is 11.3 Å². The number of hydrogen-bond acceptors (Lipinski definition) is 3. The van der Waals surface area contributed by atoms with E-state index in [0.29, 0.717) is 5.56 Å². The van der Waals surface area contributed by atoms with Crippen LogP contribution in [-0.4, -0.2) is 15.6 Å². The number of carbonyl (C=O) groups is 1. The molecule has 0 saturated carbocycles. The Hall–Kier alpha value is -2.53. The number of unbranched alkanes of at least 4 members (excludes halogenated alkanes) is 2. The van der Waals surface area contributed by atoms with Gasteiger partial charge in [0.1, 0.15) is 5.75 Å². The number of thiophene rings is 1. The summed E-state index contributed by atoms with van der Waals surface area (Å²) in [7, 11) is 0. The third-order valence-corrected chi connectivity index (χ3v) is 6.13. The van der Waals surface area contributed by atoms with Crippen LogP contribution in [0.4, 0.5) is 0 Å². The summed E-state index contributed by atoms with van der Waals surface area (Å²) in [5.41, 5.74) is 10.2. The van der Waals surface area contributed by atoms with Crippen LogP contribution in [0.25, 0.3) is 11.1 Å². The number of phenolic OH excluding ortho intramolecular Hbond substituents is 1. The first-order chi connectivity index (χ1) is 13.5. The second-order valence-electron chi connectivity index (χ2n) is 7.13. The van der Waals surface area contributed by atoms with Crippen LogP contribution in [-0.2, 0) is 19.4 Å². The topological polar surface area (TPSA) is 68.2 Å². The van der Waals surface area contributed by atoms with Gasteiger partial charge in [-0.15, -0.1) is 11.3 Å². The summed E-state index contributed by atoms with van der Waals surface area (Å²) in [5.74, 6) is -0.223. The first kappa shape index (κ1) is 20.2. The zero-order valence-corrected chi connectivity index (χ0v) is 17.4. The van der Waals surface area contributed by atoms with Crippen molar-refractivity contribution < 1.29 is 9.90 Å². The third kappa shape index (κ3) is 4.30. The normalized spacial score (nSPS) is 11.1. The van der Waals surface area contributed by atoms with Gasteiger partial charge in [-0.2, -0.15) is 0 Å². The summed E-state index contributed by atoms with van der Waals surface area (Å²) in [6.07, 6.45) is 5.14. The molecule has 0 aliphatic rings. The highest BCUT2D eigenvalue weighted by atomic mass is 32.1. The number of aromatic hydroxyl groups is 1. The lowest BCUT2D eigenvalue weighted by atomic mass is 9.97. The fourth-order valence-corrected chi connectivity index (χ4v) is 4.55. The van der Waals surface area contributed by atoms with Crippen LogP contribution in [0.15, 0.2) is 41.8 Å². The van der Waals surface area contributed by atoms with Gasteiger partial charge in [-0.25, -0.2) is 0 Å². The van der Waals surface area contributed by atoms with Crippen molar-refractivity contribution in [1.29, 1.82) is 0 Å². The van der Waals surface area contributed by atoms with E-state index in [2.05, 4.69) is 29.0 Å². The number of hydrogen-bond donors (Lipinski definition) is 2. The van der Waals surface area contributed by atoms with E-state index < -0.39 is 5.91 Å². The van der Waals surface area contributed by atoms with E-state index in [9.17, 15) is 9.90 Å². The van der Waals surface area contributed by atoms with E-state index >= 15 is 0 Å². The molecular weight excluding hydrogens is 368 g/mol. The molecule has 3 N–H and O–H groups in total. The van der Waals surface area contributed by atoms with Crippen molar-refractivity contribution in [1.82, 2.24) is 4.57 Å². The number of amides is 1. The van der Waals surface area contributed by atoms with Gasteiger partial charge in [0, 0.05) is 28.4 Å². The standard InChI is InChI=1S/C23H28N2O2S/c1-3-4-5-11-20-22(17-8-6-9-18(26)15-17)21(23(24)27)16(2)25(20)13-12-19-10-7-14-28-19/h6-10,14-15,26H,3-5,11-13H2,1-2H3,(H2,24,27). The first-order valence-electron chi connectivity index (χ1n) is 9.86. The smallest absolute Gasteiger partial charge is 0.251 e. The maximum Gasteiger partial charge on any atom is 0.251 e. The molecular formula is C23H28N2O2S. The van der Waals surface area contributed by atoms with Crippen LogP contribution in [0.3, 0.4) is 0 Å². The number of aromatic nitrogens is 1. The van der Waals surface area contributed by atoms with Crippen molar-refractivity contribution in [2.24, 2.45) is 5.73 Å². The van der Waals surface area contributed by atoms with Crippen molar-refractivity contribution in [3.8, 4) is 16.9 Å². The van der Waals surface area contributed by atoms with E-state index in [1.807, 2.05) is 19.1 Å². The molecule has 148 valence electrons. The minimum Gasteiger partial charge on any atom is -0.508 e. The number of benzene rings is 1. The highest BCUT2D eigenvalue weighted by Gasteiger charge is 2.24. The molecule has 3 rings (SSSR count). The highest BCUT2D eigenvalue weighted by molar-refractivity contribution is 7.09. The van der Waals surface area contributed by atoms with Crippen LogP contribution in [0.1, 0.15) is 52.8 Å². The lowest BCUT2D eigenvalue weighted by Crippen LogP contribution is -2.13. The van der Waals surface area contributed by atoms with Gasteiger partial charge in [0.15, 0.2) is 0 Å². The molecule has 1 aromatic carbocycles. The van der Waals surface area contributed by atoms with Gasteiger partial charge >= 0.3 is 0 Å². The number of aryl methyl sites for hydroxylation is 1. The molecule has 2 aromatic heterocycles. The van der Waals surface area contributed by atoms with E-state index in [1.54, 1.807) is 23.5 Å². The van der Waals surface area contributed by atoms with E-state index in [1.165, 1.54) is 4.88 Å². The number of rotatable bonds is 9. The molecule has 2 heterocycles. The summed E-state index contributed by atoms with van der Waals surface area (Å²) in [6.45, 7) is 4.98. The molecule has 1 amide bonds. The summed E-state index contributed by atoms with van der Waals surface area (Å²) in [6, 6.07) is 11.3. The SMILES string of the molecule is CCCCCc1c(-c2cccc(O)c2)c(C(N)=O)c(C)n1CCc1cccs1. The van der Waals surface area contributed by atoms with Gasteiger partial charge in [-0.1, -0.05) is 38.0 Å². The van der Waals surface area contributed by atoms with E-state index in [-0.39, 0.29) is 5.75 Å². The Morgan fingerprint density at radius 3 is 2.64 bits per heavy atom. The molecule has 3 aromatic rings. The fourth-order valence-electron chi connectivity index (χ4n) is 3.85. The molecule has 0 bridgehead atoms. The summed E-state index contributed by atoms with van der Waals surface area (Å²) < 4.78 is 2.26. The third-order valence-electron chi connectivity index (χ3n) is 5.19. The molecule has 0 aliphatic carbocycles. The predicted molar refractivity (Wildman–Crippen MR) is 116 cm³/mol. The maximum atomic E-state index is 12.4. The average molecular weight is 397 g/mol. The Labute approximate surface area is 170 Å². The Kier molecular flexibility index (Phi) is 6.57. The highest BCUT2D eigenvalue weighted by Crippen LogP contribution is 2.35. The number of nitrogens with zero attached hydrogens (tertiary/aromatic N) is 1. The second kappa shape index (κ2) is 9.11. The number of nitrogens with two attached hydrogens (primary N) is 1. The molecule has 0 radical (unpaired) electrons. The maximum absolute atomic E-state index is 12.4. The Morgan fingerprint density at radius 1 is 1.18 bits per heavy atom. The van der Waals surface area contributed by atoms with Crippen molar-refractivity contribution in [2.45, 2.75) is 52.5 Å². The fraction of sp³-hybridized carbons (Fsp3) is 0.348. The minimum absolute atomic E-state index is 0.191. The molecule has 0 spiro atoms. The summed E-state index contributed by atoms with van der Waals surface area (Å²) in [5, 5.41) is 12.1. The molecule has 4 nitrogen and oxygen atoms in total. The predicted octanol–water partition coefficient (Wildman–Crippen LogP) is 5.30. The lowest BCUT2D eigenvalue weighted by molar-refractivity contribution is 0.1000. The van der Waals surface area contributed by atoms with Gasteiger partial charge in [-0.3, -0.25) is 4.79 Å². The van der Waals surface area contributed by atoms with Crippen molar-refractivity contribution >= 4 is 17.2 Å². The molecule has 0 aliphatic heterocycles. The second-order valence-corrected chi connectivity index (χ2v) is 8.17. The van der Waals surface area contributed by atoms with Gasteiger partial charge in [0.05, 0.1) is 5.56 Å². The first-order valence-corrected chi connectivity index (χ1v) is 10.7. The van der Waals surface area contributed by atoms with Crippen LogP contribution < -0.4 is 5.73 Å². The zero-order valence-electron chi connectivity index (χ0n) is 16.6.